The number of pyridine rings is 1. The van der Waals surface area contributed by atoms with Gasteiger partial charge >= 0.3 is 0 Å². The van der Waals surface area contributed by atoms with Crippen LogP contribution in [0.15, 0.2) is 54.9 Å². The van der Waals surface area contributed by atoms with Gasteiger partial charge in [-0.05, 0) is 62.4 Å². The Labute approximate surface area is 188 Å². The Morgan fingerprint density at radius 1 is 0.875 bits per heavy atom. The molecule has 0 saturated carbocycles. The predicted molar refractivity (Wildman–Crippen MR) is 130 cm³/mol. The molecule has 6 nitrogen and oxygen atoms in total. The van der Waals surface area contributed by atoms with Crippen molar-refractivity contribution in [2.45, 2.75) is 38.2 Å². The highest BCUT2D eigenvalue weighted by Gasteiger charge is 2.22. The zero-order valence-corrected chi connectivity index (χ0v) is 18.3. The van der Waals surface area contributed by atoms with Gasteiger partial charge in [-0.2, -0.15) is 0 Å². The van der Waals surface area contributed by atoms with E-state index in [-0.39, 0.29) is 12.0 Å². The Morgan fingerprint density at radius 2 is 1.62 bits per heavy atom. The summed E-state index contributed by atoms with van der Waals surface area (Å²) in [6.45, 7) is 3.65. The average Bonchev–Trinajstić information content (AvgIpc) is 2.85. The van der Waals surface area contributed by atoms with Gasteiger partial charge in [-0.15, -0.1) is 0 Å². The van der Waals surface area contributed by atoms with Crippen LogP contribution < -0.4 is 15.1 Å². The van der Waals surface area contributed by atoms with Crippen molar-refractivity contribution in [3.8, 4) is 0 Å². The Balaban J connectivity index is 1.44. The molecule has 0 bridgehead atoms. The molecule has 32 heavy (non-hydrogen) atoms. The summed E-state index contributed by atoms with van der Waals surface area (Å²) in [6, 6.07) is 13.9. The molecule has 0 atom stereocenters. The van der Waals surface area contributed by atoms with Crippen molar-refractivity contribution in [3.05, 3.63) is 60.4 Å². The number of para-hydroxylation sites is 1. The first-order valence-electron chi connectivity index (χ1n) is 11.7. The lowest BCUT2D eigenvalue weighted by atomic mass is 10.0. The molecule has 0 aliphatic carbocycles. The third kappa shape index (κ3) is 4.15. The molecule has 2 fully saturated rings. The lowest BCUT2D eigenvalue weighted by molar-refractivity contribution is 0.102. The van der Waals surface area contributed by atoms with Gasteiger partial charge in [0.05, 0.1) is 17.4 Å². The topological polar surface area (TPSA) is 68.7 Å². The Kier molecular flexibility index (Phi) is 5.95. The number of anilines is 3. The van der Waals surface area contributed by atoms with Gasteiger partial charge < -0.3 is 20.2 Å². The molecule has 3 heterocycles. The van der Waals surface area contributed by atoms with E-state index in [1.54, 1.807) is 0 Å². The van der Waals surface area contributed by atoms with E-state index >= 15 is 0 Å². The highest BCUT2D eigenvalue weighted by molar-refractivity contribution is 6.13. The van der Waals surface area contributed by atoms with Crippen LogP contribution in [0.1, 0.15) is 42.5 Å². The molecule has 3 aromatic rings. The van der Waals surface area contributed by atoms with Gasteiger partial charge in [0, 0.05) is 60.7 Å². The van der Waals surface area contributed by atoms with Crippen LogP contribution in [-0.2, 0) is 0 Å². The first kappa shape index (κ1) is 20.8. The van der Waals surface area contributed by atoms with Crippen LogP contribution in [0.3, 0.4) is 0 Å². The number of amides is 1. The fraction of sp³-hybridized carbons (Fsp3) is 0.385. The van der Waals surface area contributed by atoms with E-state index in [9.17, 15) is 9.90 Å². The number of aliphatic hydroxyl groups excluding tert-OH is 1. The summed E-state index contributed by atoms with van der Waals surface area (Å²) >= 11 is 0. The number of piperidine rings is 2. The molecule has 2 aliphatic heterocycles. The minimum absolute atomic E-state index is 0.123. The third-order valence-corrected chi connectivity index (χ3v) is 6.69. The minimum Gasteiger partial charge on any atom is -0.393 e. The van der Waals surface area contributed by atoms with Gasteiger partial charge in [-0.25, -0.2) is 0 Å². The highest BCUT2D eigenvalue weighted by atomic mass is 16.3. The normalized spacial score (nSPS) is 17.5. The average molecular weight is 431 g/mol. The van der Waals surface area contributed by atoms with E-state index in [1.165, 1.54) is 24.9 Å². The summed E-state index contributed by atoms with van der Waals surface area (Å²) in [5.41, 5.74) is 3.57. The maximum Gasteiger partial charge on any atom is 0.257 e. The number of nitrogens with zero attached hydrogens (tertiary/aromatic N) is 3. The smallest absolute Gasteiger partial charge is 0.257 e. The first-order chi connectivity index (χ1) is 15.7. The largest absolute Gasteiger partial charge is 0.393 e. The van der Waals surface area contributed by atoms with Crippen molar-refractivity contribution in [2.24, 2.45) is 0 Å². The van der Waals surface area contributed by atoms with Crippen LogP contribution in [0.5, 0.6) is 0 Å². The van der Waals surface area contributed by atoms with Crippen LogP contribution >= 0.6 is 0 Å². The molecule has 0 spiro atoms. The van der Waals surface area contributed by atoms with Gasteiger partial charge in [0.15, 0.2) is 0 Å². The number of nitrogens with one attached hydrogen (secondary N) is 1. The molecular weight excluding hydrogens is 400 g/mol. The van der Waals surface area contributed by atoms with Gasteiger partial charge in [-0.1, -0.05) is 12.1 Å². The van der Waals surface area contributed by atoms with E-state index < -0.39 is 0 Å². The maximum absolute atomic E-state index is 13.4. The number of carbonyl (C=O) groups is 1. The third-order valence-electron chi connectivity index (χ3n) is 6.69. The fourth-order valence-electron chi connectivity index (χ4n) is 4.93. The molecule has 2 aliphatic rings. The van der Waals surface area contributed by atoms with Crippen LogP contribution in [0.4, 0.5) is 17.1 Å². The molecule has 1 amide bonds. The second-order valence-electron chi connectivity index (χ2n) is 8.79. The summed E-state index contributed by atoms with van der Waals surface area (Å²) in [5.74, 6) is -0.123. The van der Waals surface area contributed by atoms with E-state index in [4.69, 9.17) is 0 Å². The van der Waals surface area contributed by atoms with E-state index in [0.717, 1.165) is 61.2 Å². The van der Waals surface area contributed by atoms with Crippen molar-refractivity contribution in [3.63, 3.8) is 0 Å². The van der Waals surface area contributed by atoms with Crippen LogP contribution in [0.25, 0.3) is 10.8 Å². The minimum atomic E-state index is -0.246. The van der Waals surface area contributed by atoms with Crippen LogP contribution in [0, 0.1) is 0 Å². The van der Waals surface area contributed by atoms with E-state index in [1.807, 2.05) is 48.8 Å². The Hall–Kier alpha value is -3.12. The first-order valence-corrected chi connectivity index (χ1v) is 11.7. The molecule has 0 radical (unpaired) electrons. The lowest BCUT2D eigenvalue weighted by Gasteiger charge is -2.32. The van der Waals surface area contributed by atoms with Crippen LogP contribution in [-0.4, -0.2) is 48.3 Å². The SMILES string of the molecule is O=C(Nc1ccc(N2CCCCC2)c2ccncc12)c1ccccc1N1CCC(O)CC1. The molecule has 2 aromatic carbocycles. The van der Waals surface area contributed by atoms with Gasteiger partial charge in [-0.3, -0.25) is 9.78 Å². The van der Waals surface area contributed by atoms with Crippen molar-refractivity contribution in [2.75, 3.05) is 41.3 Å². The summed E-state index contributed by atoms with van der Waals surface area (Å²) in [4.78, 5) is 22.3. The van der Waals surface area contributed by atoms with E-state index in [2.05, 4.69) is 26.2 Å². The van der Waals surface area contributed by atoms with E-state index in [0.29, 0.717) is 5.56 Å². The number of hydrogen-bond acceptors (Lipinski definition) is 5. The summed E-state index contributed by atoms with van der Waals surface area (Å²) in [5, 5.41) is 15.1. The second kappa shape index (κ2) is 9.17. The Morgan fingerprint density at radius 3 is 2.44 bits per heavy atom. The zero-order chi connectivity index (χ0) is 21.9. The molecule has 6 heteroatoms. The van der Waals surface area contributed by atoms with Crippen LogP contribution in [0.2, 0.25) is 0 Å². The maximum atomic E-state index is 13.4. The fourth-order valence-corrected chi connectivity index (χ4v) is 4.93. The van der Waals surface area contributed by atoms with Crippen molar-refractivity contribution in [1.29, 1.82) is 0 Å². The number of benzene rings is 2. The molecule has 0 unspecified atom stereocenters. The van der Waals surface area contributed by atoms with Gasteiger partial charge in [0.1, 0.15) is 0 Å². The molecule has 2 N–H and O–H groups in total. The second-order valence-corrected chi connectivity index (χ2v) is 8.79. The Bertz CT molecular complexity index is 1100. The number of carbonyl (C=O) groups excluding carboxylic acids is 1. The number of hydrogen-bond donors (Lipinski definition) is 2. The monoisotopic (exact) mass is 430 g/mol. The standard InChI is InChI=1S/C26H30N4O2/c31-19-11-16-30(17-12-19)24-7-3-2-6-21(24)26(32)28-23-8-9-25(29-14-4-1-5-15-29)20-10-13-27-18-22(20)23/h2-3,6-10,13,18-19,31H,1,4-5,11-12,14-17H2,(H,28,32). The summed E-state index contributed by atoms with van der Waals surface area (Å²) < 4.78 is 0. The summed E-state index contributed by atoms with van der Waals surface area (Å²) in [7, 11) is 0. The van der Waals surface area contributed by atoms with Gasteiger partial charge in [0.2, 0.25) is 0 Å². The van der Waals surface area contributed by atoms with Crippen molar-refractivity contribution >= 4 is 33.7 Å². The quantitative estimate of drug-likeness (QED) is 0.641. The predicted octanol–water partition coefficient (Wildman–Crippen LogP) is 4.44. The molecule has 5 rings (SSSR count). The van der Waals surface area contributed by atoms with Gasteiger partial charge in [0.25, 0.3) is 5.91 Å². The zero-order valence-electron chi connectivity index (χ0n) is 18.3. The molecule has 1 aromatic heterocycles. The highest BCUT2D eigenvalue weighted by Crippen LogP contribution is 2.34. The number of rotatable bonds is 4. The molecule has 166 valence electrons. The number of aliphatic hydroxyl groups is 1. The molecule has 2 saturated heterocycles. The summed E-state index contributed by atoms with van der Waals surface area (Å²) in [6.07, 6.45) is 8.60. The number of fused-ring (bicyclic) bond motifs is 1. The lowest BCUT2D eigenvalue weighted by Crippen LogP contribution is -2.36. The van der Waals surface area contributed by atoms with Crippen molar-refractivity contribution < 1.29 is 9.90 Å². The number of aromatic nitrogens is 1. The molecular formula is C26H30N4O2. The van der Waals surface area contributed by atoms with Crippen molar-refractivity contribution in [1.82, 2.24) is 4.98 Å².